The average Bonchev–Trinajstić information content (AvgIpc) is 3.45. The van der Waals surface area contributed by atoms with Gasteiger partial charge in [0.2, 0.25) is 15.0 Å². The number of nitrogens with zero attached hydrogens (tertiary/aromatic N) is 4. The van der Waals surface area contributed by atoms with Crippen molar-refractivity contribution in [2.45, 2.75) is 18.5 Å². The first-order chi connectivity index (χ1) is 14.5. The minimum atomic E-state index is -3.29. The summed E-state index contributed by atoms with van der Waals surface area (Å²) >= 11 is 2.93. The third-order valence-electron chi connectivity index (χ3n) is 5.20. The van der Waals surface area contributed by atoms with Crippen LogP contribution in [0.3, 0.4) is 0 Å². The molecule has 0 amide bonds. The number of carbonyl (C=O) groups is 1. The number of anilines is 1. The molecule has 0 unspecified atom stereocenters. The number of thiazole rings is 1. The molecule has 0 saturated heterocycles. The smallest absolute Gasteiger partial charge is 0.234 e. The van der Waals surface area contributed by atoms with Gasteiger partial charge in [-0.3, -0.25) is 13.5 Å². The highest BCUT2D eigenvalue weighted by atomic mass is 32.2. The predicted octanol–water partition coefficient (Wildman–Crippen LogP) is 3.63. The molecule has 0 spiro atoms. The SMILES string of the molecule is CCS(=O)(=O)N1CCc2cc(C(=O)CSc3nnc4sc5ccccc5n34)ccc21. The molecular formula is C20H18N4O3S3. The van der Waals surface area contributed by atoms with Gasteiger partial charge in [-0.15, -0.1) is 10.2 Å². The third kappa shape index (κ3) is 3.19. The number of hydrogen-bond acceptors (Lipinski definition) is 7. The molecule has 0 fully saturated rings. The lowest BCUT2D eigenvalue weighted by atomic mass is 10.1. The first kappa shape index (κ1) is 19.5. The third-order valence-corrected chi connectivity index (χ3v) is 8.92. The van der Waals surface area contributed by atoms with Crippen molar-refractivity contribution in [1.82, 2.24) is 14.6 Å². The van der Waals surface area contributed by atoms with E-state index < -0.39 is 10.0 Å². The molecule has 2 aromatic heterocycles. The van der Waals surface area contributed by atoms with Crippen molar-refractivity contribution in [2.24, 2.45) is 0 Å². The van der Waals surface area contributed by atoms with Gasteiger partial charge in [0.05, 0.1) is 27.4 Å². The topological polar surface area (TPSA) is 84.6 Å². The molecule has 3 heterocycles. The lowest BCUT2D eigenvalue weighted by Crippen LogP contribution is -2.30. The second-order valence-corrected chi connectivity index (χ2v) is 11.1. The summed E-state index contributed by atoms with van der Waals surface area (Å²) < 4.78 is 29.0. The van der Waals surface area contributed by atoms with Crippen LogP contribution in [0.2, 0.25) is 0 Å². The van der Waals surface area contributed by atoms with E-state index in [-0.39, 0.29) is 17.3 Å². The number of fused-ring (bicyclic) bond motifs is 4. The zero-order chi connectivity index (χ0) is 20.9. The summed E-state index contributed by atoms with van der Waals surface area (Å²) in [5.74, 6) is 0.282. The number of Topliss-reactive ketones (excluding diaryl/α,β-unsaturated/α-hetero) is 1. The van der Waals surface area contributed by atoms with Gasteiger partial charge in [0.25, 0.3) is 0 Å². The highest BCUT2D eigenvalue weighted by Crippen LogP contribution is 2.33. The van der Waals surface area contributed by atoms with Gasteiger partial charge in [-0.2, -0.15) is 0 Å². The van der Waals surface area contributed by atoms with Crippen molar-refractivity contribution < 1.29 is 13.2 Å². The van der Waals surface area contributed by atoms with Crippen LogP contribution in [-0.4, -0.2) is 46.8 Å². The zero-order valence-corrected chi connectivity index (χ0v) is 18.6. The number of ketones is 1. The Morgan fingerprint density at radius 3 is 2.87 bits per heavy atom. The second kappa shape index (κ2) is 7.36. The van der Waals surface area contributed by atoms with Crippen molar-refractivity contribution in [3.8, 4) is 0 Å². The van der Waals surface area contributed by atoms with E-state index in [1.165, 1.54) is 16.1 Å². The number of sulfonamides is 1. The standard InChI is InChI=1S/C20H18N4O3S3/c1-2-30(26,27)23-10-9-13-11-14(7-8-15(13)23)17(25)12-28-19-21-22-20-24(19)16-5-3-4-6-18(16)29-20/h3-8,11H,2,9-10,12H2,1H3. The summed E-state index contributed by atoms with van der Waals surface area (Å²) in [4.78, 5) is 13.6. The number of carbonyl (C=O) groups excluding carboxylic acids is 1. The van der Waals surface area contributed by atoms with Crippen LogP contribution in [-0.2, 0) is 16.4 Å². The van der Waals surface area contributed by atoms with E-state index in [1.54, 1.807) is 30.4 Å². The highest BCUT2D eigenvalue weighted by Gasteiger charge is 2.28. The minimum absolute atomic E-state index is 0.0177. The van der Waals surface area contributed by atoms with Crippen LogP contribution in [0.25, 0.3) is 15.2 Å². The summed E-state index contributed by atoms with van der Waals surface area (Å²) in [5.41, 5.74) is 3.21. The van der Waals surface area contributed by atoms with Crippen LogP contribution < -0.4 is 4.31 Å². The highest BCUT2D eigenvalue weighted by molar-refractivity contribution is 7.99. The van der Waals surface area contributed by atoms with Crippen LogP contribution in [0.15, 0.2) is 47.6 Å². The van der Waals surface area contributed by atoms with E-state index in [4.69, 9.17) is 0 Å². The maximum absolute atomic E-state index is 12.8. The van der Waals surface area contributed by atoms with Crippen LogP contribution in [0, 0.1) is 0 Å². The number of benzene rings is 2. The van der Waals surface area contributed by atoms with E-state index >= 15 is 0 Å². The summed E-state index contributed by atoms with van der Waals surface area (Å²) in [7, 11) is -3.29. The number of aromatic nitrogens is 3. The molecule has 2 aromatic carbocycles. The summed E-state index contributed by atoms with van der Waals surface area (Å²) in [6.45, 7) is 2.07. The zero-order valence-electron chi connectivity index (χ0n) is 16.1. The van der Waals surface area contributed by atoms with Crippen LogP contribution in [0.1, 0.15) is 22.8 Å². The van der Waals surface area contributed by atoms with Gasteiger partial charge in [0.15, 0.2) is 10.9 Å². The molecule has 0 N–H and O–H groups in total. The van der Waals surface area contributed by atoms with E-state index in [0.717, 1.165) is 20.7 Å². The molecule has 30 heavy (non-hydrogen) atoms. The van der Waals surface area contributed by atoms with Crippen LogP contribution in [0.4, 0.5) is 5.69 Å². The normalized spacial score (nSPS) is 14.0. The maximum Gasteiger partial charge on any atom is 0.234 e. The van der Waals surface area contributed by atoms with Gasteiger partial charge in [0, 0.05) is 12.1 Å². The average molecular weight is 459 g/mol. The molecule has 7 nitrogen and oxygen atoms in total. The van der Waals surface area contributed by atoms with Gasteiger partial charge < -0.3 is 0 Å². The first-order valence-corrected chi connectivity index (χ1v) is 12.9. The van der Waals surface area contributed by atoms with E-state index in [2.05, 4.69) is 10.2 Å². The maximum atomic E-state index is 12.8. The Hall–Kier alpha value is -2.43. The molecule has 0 radical (unpaired) electrons. The van der Waals surface area contributed by atoms with E-state index in [9.17, 15) is 13.2 Å². The molecule has 1 aliphatic rings. The summed E-state index contributed by atoms with van der Waals surface area (Å²) in [5, 5.41) is 9.16. The Bertz CT molecular complexity index is 1390. The molecule has 1 aliphatic heterocycles. The van der Waals surface area contributed by atoms with E-state index in [1.807, 2.05) is 34.7 Å². The molecule has 0 aliphatic carbocycles. The first-order valence-electron chi connectivity index (χ1n) is 9.50. The largest absolute Gasteiger partial charge is 0.293 e. The molecular weight excluding hydrogens is 440 g/mol. The Labute approximate surface area is 181 Å². The molecule has 10 heteroatoms. The van der Waals surface area contributed by atoms with Crippen molar-refractivity contribution in [3.63, 3.8) is 0 Å². The number of thioether (sulfide) groups is 1. The van der Waals surface area contributed by atoms with Crippen molar-refractivity contribution in [3.05, 3.63) is 53.6 Å². The Morgan fingerprint density at radius 2 is 2.03 bits per heavy atom. The Balaban J connectivity index is 1.36. The van der Waals surface area contributed by atoms with Crippen LogP contribution in [0.5, 0.6) is 0 Å². The quantitative estimate of drug-likeness (QED) is 0.324. The van der Waals surface area contributed by atoms with Gasteiger partial charge >= 0.3 is 0 Å². The fourth-order valence-corrected chi connectivity index (χ4v) is 6.67. The molecule has 0 atom stereocenters. The van der Waals surface area contributed by atoms with Gasteiger partial charge in [-0.1, -0.05) is 35.2 Å². The molecule has 0 saturated carbocycles. The summed E-state index contributed by atoms with van der Waals surface area (Å²) in [6, 6.07) is 13.3. The monoisotopic (exact) mass is 458 g/mol. The van der Waals surface area contributed by atoms with Crippen molar-refractivity contribution in [2.75, 3.05) is 22.4 Å². The Morgan fingerprint density at radius 1 is 1.20 bits per heavy atom. The van der Waals surface area contributed by atoms with Gasteiger partial charge in [-0.05, 0) is 49.2 Å². The number of rotatable bonds is 6. The van der Waals surface area contributed by atoms with Gasteiger partial charge in [-0.25, -0.2) is 8.42 Å². The molecule has 154 valence electrons. The lowest BCUT2D eigenvalue weighted by Gasteiger charge is -2.18. The predicted molar refractivity (Wildman–Crippen MR) is 120 cm³/mol. The van der Waals surface area contributed by atoms with Gasteiger partial charge in [0.1, 0.15) is 0 Å². The van der Waals surface area contributed by atoms with E-state index in [0.29, 0.717) is 29.4 Å². The molecule has 0 bridgehead atoms. The Kier molecular flexibility index (Phi) is 4.79. The summed E-state index contributed by atoms with van der Waals surface area (Å²) in [6.07, 6.45) is 0.620. The fraction of sp³-hybridized carbons (Fsp3) is 0.250. The van der Waals surface area contributed by atoms with Crippen LogP contribution >= 0.6 is 23.1 Å². The number of para-hydroxylation sites is 1. The van der Waals surface area contributed by atoms with Crippen molar-refractivity contribution >= 4 is 59.8 Å². The second-order valence-electron chi connectivity index (χ2n) is 6.95. The lowest BCUT2D eigenvalue weighted by molar-refractivity contribution is 0.102. The fourth-order valence-electron chi connectivity index (χ4n) is 3.65. The van der Waals surface area contributed by atoms with Crippen molar-refractivity contribution in [1.29, 1.82) is 0 Å². The molecule has 5 rings (SSSR count). The molecule has 4 aromatic rings. The minimum Gasteiger partial charge on any atom is -0.293 e. The number of hydrogen-bond donors (Lipinski definition) is 0.